The summed E-state index contributed by atoms with van der Waals surface area (Å²) in [4.78, 5) is 90.3. The highest BCUT2D eigenvalue weighted by atomic mass is 31.2. The molecule has 53 heavy (non-hydrogen) atoms. The summed E-state index contributed by atoms with van der Waals surface area (Å²) in [5.41, 5.74) is 0. The number of ketones is 2. The van der Waals surface area contributed by atoms with E-state index >= 15 is 0 Å². The number of hydrogen-bond donors (Lipinski definition) is 8. The first-order valence-electron chi connectivity index (χ1n) is 16.6. The maximum atomic E-state index is 12.3. The molecule has 0 aliphatic rings. The highest BCUT2D eigenvalue weighted by molar-refractivity contribution is 7.47. The van der Waals surface area contributed by atoms with E-state index in [9.17, 15) is 57.9 Å². The van der Waals surface area contributed by atoms with Gasteiger partial charge in [0.1, 0.15) is 18.0 Å². The molecule has 0 saturated carbocycles. The smallest absolute Gasteiger partial charge is 0.393 e. The number of rotatable bonds is 32. The second-order valence-electron chi connectivity index (χ2n) is 11.8. The van der Waals surface area contributed by atoms with Gasteiger partial charge in [-0.2, -0.15) is 0 Å². The largest absolute Gasteiger partial charge is 0.472 e. The van der Waals surface area contributed by atoms with Crippen LogP contribution in [0.15, 0.2) is 0 Å². The number of hydrogen-bond acceptors (Lipinski definition) is 16. The van der Waals surface area contributed by atoms with Gasteiger partial charge in [-0.05, 0) is 40.5 Å². The van der Waals surface area contributed by atoms with Gasteiger partial charge in [-0.1, -0.05) is 0 Å². The van der Waals surface area contributed by atoms with Crippen molar-refractivity contribution in [3.05, 3.63) is 0 Å². The Morgan fingerprint density at radius 2 is 0.906 bits per heavy atom. The number of amides is 4. The average molecular weight is 809 g/mol. The second kappa shape index (κ2) is 27.8. The zero-order valence-corrected chi connectivity index (χ0v) is 32.1. The van der Waals surface area contributed by atoms with Crippen LogP contribution < -0.4 is 21.3 Å². The first-order valence-corrected chi connectivity index (χ1v) is 19.5. The number of nitrogens with one attached hydrogen (secondary N) is 4. The number of carbonyl (C=O) groups is 6. The Hall–Kier alpha value is -2.72. The van der Waals surface area contributed by atoms with Crippen LogP contribution in [-0.4, -0.2) is 145 Å². The number of ether oxygens (including phenoxy) is 2. The lowest BCUT2D eigenvalue weighted by Gasteiger charge is -2.20. The van der Waals surface area contributed by atoms with E-state index in [1.54, 1.807) is 13.8 Å². The van der Waals surface area contributed by atoms with Crippen molar-refractivity contribution in [2.24, 2.45) is 0 Å². The Morgan fingerprint density at radius 3 is 1.23 bits per heavy atom. The zero-order valence-electron chi connectivity index (χ0n) is 30.3. The van der Waals surface area contributed by atoms with E-state index in [-0.39, 0.29) is 39.5 Å². The highest BCUT2D eigenvalue weighted by Crippen LogP contribution is 2.43. The molecule has 4 unspecified atom stereocenters. The highest BCUT2D eigenvalue weighted by Gasteiger charge is 2.26. The van der Waals surface area contributed by atoms with Crippen molar-refractivity contribution in [1.82, 2.24) is 21.3 Å². The molecule has 22 nitrogen and oxygen atoms in total. The fourth-order valence-corrected chi connectivity index (χ4v) is 5.18. The number of phosphoric ester groups is 2. The van der Waals surface area contributed by atoms with E-state index in [0.29, 0.717) is 12.8 Å². The molecule has 0 spiro atoms. The molecule has 0 saturated heterocycles. The van der Waals surface area contributed by atoms with Crippen LogP contribution in [0, 0.1) is 0 Å². The van der Waals surface area contributed by atoms with Crippen LogP contribution in [0.4, 0.5) is 0 Å². The van der Waals surface area contributed by atoms with Gasteiger partial charge in [0.05, 0.1) is 76.8 Å². The molecule has 6 atom stereocenters. The number of aliphatic hydroxyl groups is 2. The van der Waals surface area contributed by atoms with Crippen molar-refractivity contribution >= 4 is 50.8 Å². The van der Waals surface area contributed by atoms with Crippen LogP contribution in [0.3, 0.4) is 0 Å². The van der Waals surface area contributed by atoms with Crippen LogP contribution in [0.2, 0.25) is 0 Å². The van der Waals surface area contributed by atoms with Gasteiger partial charge in [0, 0.05) is 26.3 Å². The Morgan fingerprint density at radius 1 is 0.547 bits per heavy atom. The molecule has 0 radical (unpaired) electrons. The van der Waals surface area contributed by atoms with Gasteiger partial charge in [0.2, 0.25) is 23.6 Å². The van der Waals surface area contributed by atoms with Crippen molar-refractivity contribution in [2.75, 3.05) is 65.9 Å². The summed E-state index contributed by atoms with van der Waals surface area (Å²) in [7, 11) is -9.36. The zero-order chi connectivity index (χ0) is 40.5. The Labute approximate surface area is 307 Å². The van der Waals surface area contributed by atoms with Gasteiger partial charge >= 0.3 is 15.6 Å². The summed E-state index contributed by atoms with van der Waals surface area (Å²) in [5, 5.41) is 28.1. The monoisotopic (exact) mass is 808 g/mol. The SMILES string of the molecule is CC(=O)CC(=O)NC(COCC[C@@H](C)O)COP(=O)(O)OCCNC(=O)CC(=O)NCCOP(=O)(O)OCC(COCC[C@@H](C)O)NC(=O)CC(C)=O. The maximum absolute atomic E-state index is 12.3. The predicted molar refractivity (Wildman–Crippen MR) is 183 cm³/mol. The summed E-state index contributed by atoms with van der Waals surface area (Å²) in [6.07, 6.45) is -2.23. The average Bonchev–Trinajstić information content (AvgIpc) is 3.02. The third kappa shape index (κ3) is 31.3. The third-order valence-corrected chi connectivity index (χ3v) is 8.07. The van der Waals surface area contributed by atoms with Gasteiger partial charge in [-0.15, -0.1) is 0 Å². The molecule has 0 rings (SSSR count). The van der Waals surface area contributed by atoms with Gasteiger partial charge in [0.25, 0.3) is 0 Å². The van der Waals surface area contributed by atoms with Crippen molar-refractivity contribution < 1.29 is 85.5 Å². The second-order valence-corrected chi connectivity index (χ2v) is 14.7. The number of phosphoric acid groups is 2. The predicted octanol–water partition coefficient (Wildman–Crippen LogP) is -1.62. The van der Waals surface area contributed by atoms with Crippen molar-refractivity contribution in [2.45, 2.75) is 84.1 Å². The molecule has 0 heterocycles. The topological polar surface area (TPSA) is 321 Å². The van der Waals surface area contributed by atoms with Crippen molar-refractivity contribution in [1.29, 1.82) is 0 Å². The Bertz CT molecular complexity index is 1160. The van der Waals surface area contributed by atoms with Gasteiger partial charge in [-0.3, -0.25) is 46.9 Å². The summed E-state index contributed by atoms with van der Waals surface area (Å²) in [6, 6.07) is -1.88. The molecule has 0 aliphatic carbocycles. The van der Waals surface area contributed by atoms with Crippen LogP contribution in [0.25, 0.3) is 0 Å². The molecule has 8 N–H and O–H groups in total. The minimum atomic E-state index is -4.68. The summed E-state index contributed by atoms with van der Waals surface area (Å²) < 4.78 is 54.5. The summed E-state index contributed by atoms with van der Waals surface area (Å²) >= 11 is 0. The van der Waals surface area contributed by atoms with E-state index in [1.165, 1.54) is 13.8 Å². The van der Waals surface area contributed by atoms with Crippen molar-refractivity contribution in [3.63, 3.8) is 0 Å². The molecule has 308 valence electrons. The van der Waals surface area contributed by atoms with Gasteiger partial charge in [-0.25, -0.2) is 9.13 Å². The molecule has 24 heteroatoms. The van der Waals surface area contributed by atoms with Crippen LogP contribution in [0.5, 0.6) is 0 Å². The van der Waals surface area contributed by atoms with Crippen LogP contribution in [0.1, 0.15) is 59.8 Å². The fraction of sp³-hybridized carbons (Fsp3) is 0.793. The molecular formula is C29H54N4O18P2. The van der Waals surface area contributed by atoms with E-state index in [2.05, 4.69) is 21.3 Å². The van der Waals surface area contributed by atoms with Crippen LogP contribution >= 0.6 is 15.6 Å². The van der Waals surface area contributed by atoms with Gasteiger partial charge < -0.3 is 50.7 Å². The van der Waals surface area contributed by atoms with Crippen LogP contribution in [-0.2, 0) is 65.5 Å². The Balaban J connectivity index is 4.54. The first-order chi connectivity index (χ1) is 24.7. The molecule has 0 aromatic carbocycles. The number of carbonyl (C=O) groups excluding carboxylic acids is 6. The fourth-order valence-electron chi connectivity index (χ4n) is 3.65. The summed E-state index contributed by atoms with van der Waals surface area (Å²) in [6.45, 7) is 2.71. The number of Topliss-reactive ketones (excluding diaryl/α,β-unsaturated/α-hetero) is 2. The lowest BCUT2D eigenvalue weighted by atomic mass is 10.2. The van der Waals surface area contributed by atoms with E-state index in [1.807, 2.05) is 0 Å². The molecule has 0 aliphatic heterocycles. The van der Waals surface area contributed by atoms with Crippen molar-refractivity contribution in [3.8, 4) is 0 Å². The molecule has 0 bridgehead atoms. The molecule has 0 aromatic rings. The molecular weight excluding hydrogens is 754 g/mol. The lowest BCUT2D eigenvalue weighted by Crippen LogP contribution is -2.42. The quantitative estimate of drug-likeness (QED) is 0.0215. The van der Waals surface area contributed by atoms with E-state index in [4.69, 9.17) is 27.6 Å². The van der Waals surface area contributed by atoms with E-state index < -0.39 is 121 Å². The van der Waals surface area contributed by atoms with Gasteiger partial charge in [0.15, 0.2) is 0 Å². The van der Waals surface area contributed by atoms with E-state index in [0.717, 1.165) is 0 Å². The third-order valence-electron chi connectivity index (χ3n) is 6.10. The lowest BCUT2D eigenvalue weighted by molar-refractivity contribution is -0.130. The maximum Gasteiger partial charge on any atom is 0.472 e. The first kappa shape index (κ1) is 50.3. The molecule has 4 amide bonds. The molecule has 0 fully saturated rings. The molecule has 0 aromatic heterocycles. The number of aliphatic hydroxyl groups excluding tert-OH is 2. The Kier molecular flexibility index (Phi) is 26.4. The normalized spacial score (nSPS) is 15.8. The minimum absolute atomic E-state index is 0.119. The minimum Gasteiger partial charge on any atom is -0.393 e. The standard InChI is InChI=1S/C29H54N4O18P2/c1-20(34)5-9-46-16-24(32-28(40)13-22(3)36)18-50-52(42,43)48-11-7-30-26(38)15-27(39)31-8-12-49-53(44,45)51-19-25(17-47-10-6-21(2)35)33-29(41)14-23(4)37/h20-21,24-25,34-35H,5-19H2,1-4H3,(H,30,38)(H,31,39)(H,32,40)(H,33,41)(H,42,43)(H,44,45)/t20-,21-,24?,25?/m1/s1. The summed E-state index contributed by atoms with van der Waals surface area (Å²) in [5.74, 6) is -3.74.